The Labute approximate surface area is 146 Å². The monoisotopic (exact) mass is 342 g/mol. The molecule has 0 fully saturated rings. The van der Waals surface area contributed by atoms with Crippen molar-refractivity contribution in [2.45, 2.75) is 45.8 Å². The number of hydrogen-bond donors (Lipinski definition) is 2. The Hall–Kier alpha value is -1.44. The molecule has 0 heterocycles. The van der Waals surface area contributed by atoms with E-state index in [4.69, 9.17) is 15.2 Å². The highest BCUT2D eigenvalue weighted by Gasteiger charge is 2.16. The molecule has 7 heteroatoms. The molecule has 0 aliphatic carbocycles. The van der Waals surface area contributed by atoms with Crippen molar-refractivity contribution in [2.75, 3.05) is 34.0 Å². The second-order valence-corrected chi connectivity index (χ2v) is 5.61. The van der Waals surface area contributed by atoms with Gasteiger partial charge in [0.25, 0.3) is 0 Å². The van der Waals surface area contributed by atoms with Crippen LogP contribution in [0.1, 0.15) is 39.5 Å². The molecule has 0 bridgehead atoms. The van der Waals surface area contributed by atoms with Crippen LogP contribution in [0.2, 0.25) is 0 Å². The van der Waals surface area contributed by atoms with Gasteiger partial charge in [0, 0.05) is 27.0 Å². The number of amides is 1. The van der Waals surface area contributed by atoms with Gasteiger partial charge in [-0.2, -0.15) is 0 Å². The molecule has 2 unspecified atom stereocenters. The number of aliphatic imine (C=N–C) groups is 1. The van der Waals surface area contributed by atoms with E-state index in [2.05, 4.69) is 17.2 Å². The quantitative estimate of drug-likeness (QED) is 0.285. The lowest BCUT2D eigenvalue weighted by atomic mass is 9.98. The van der Waals surface area contributed by atoms with Crippen LogP contribution in [-0.4, -0.2) is 57.4 Å². The predicted octanol–water partition coefficient (Wildman–Crippen LogP) is 1.70. The summed E-state index contributed by atoms with van der Waals surface area (Å²) >= 11 is 0. The smallest absolute Gasteiger partial charge is 0.239 e. The van der Waals surface area contributed by atoms with Crippen LogP contribution in [-0.2, 0) is 14.3 Å². The number of hydrogen-bond acceptors (Lipinski definition) is 5. The van der Waals surface area contributed by atoms with E-state index < -0.39 is 0 Å². The minimum absolute atomic E-state index is 0.0702. The van der Waals surface area contributed by atoms with Gasteiger partial charge in [0.15, 0.2) is 0 Å². The molecule has 0 aliphatic rings. The van der Waals surface area contributed by atoms with Crippen molar-refractivity contribution in [3.8, 4) is 0 Å². The van der Waals surface area contributed by atoms with E-state index in [-0.39, 0.29) is 24.6 Å². The molecule has 0 radical (unpaired) electrons. The Morgan fingerprint density at radius 1 is 1.33 bits per heavy atom. The maximum atomic E-state index is 12.0. The first-order chi connectivity index (χ1) is 11.6. The summed E-state index contributed by atoms with van der Waals surface area (Å²) in [6.45, 7) is 5.24. The molecule has 0 saturated carbocycles. The minimum atomic E-state index is -0.288. The Morgan fingerprint density at radius 3 is 2.67 bits per heavy atom. The predicted molar refractivity (Wildman–Crippen MR) is 97.5 cm³/mol. The van der Waals surface area contributed by atoms with Gasteiger partial charge >= 0.3 is 0 Å². The third-order valence-corrected chi connectivity index (χ3v) is 3.53. The van der Waals surface area contributed by atoms with Gasteiger partial charge in [0.1, 0.15) is 13.0 Å². The van der Waals surface area contributed by atoms with Crippen LogP contribution in [0.5, 0.6) is 0 Å². The maximum Gasteiger partial charge on any atom is 0.239 e. The topological polar surface area (TPSA) is 89.2 Å². The molecule has 0 saturated heterocycles. The van der Waals surface area contributed by atoms with Crippen LogP contribution >= 0.6 is 0 Å². The van der Waals surface area contributed by atoms with Crippen molar-refractivity contribution < 1.29 is 14.3 Å². The molecule has 7 nitrogen and oxygen atoms in total. The number of methoxy groups -OCH3 is 2. The van der Waals surface area contributed by atoms with E-state index in [1.54, 1.807) is 31.7 Å². The number of nitrogens with one attached hydrogen (secondary N) is 1. The van der Waals surface area contributed by atoms with Gasteiger partial charge in [-0.25, -0.2) is 4.99 Å². The number of rotatable bonds is 14. The molecule has 1 amide bonds. The summed E-state index contributed by atoms with van der Waals surface area (Å²) in [7, 11) is 3.20. The summed E-state index contributed by atoms with van der Waals surface area (Å²) in [6, 6.07) is 0. The first-order valence-corrected chi connectivity index (χ1v) is 8.55. The fourth-order valence-corrected chi connectivity index (χ4v) is 2.26. The van der Waals surface area contributed by atoms with Crippen molar-refractivity contribution in [1.29, 1.82) is 0 Å². The van der Waals surface area contributed by atoms with Gasteiger partial charge in [0.05, 0.1) is 12.9 Å². The highest BCUT2D eigenvalue weighted by molar-refractivity contribution is 5.80. The Balaban J connectivity index is 4.27. The summed E-state index contributed by atoms with van der Waals surface area (Å²) in [5, 5.41) is 2.91. The summed E-state index contributed by atoms with van der Waals surface area (Å²) in [5.74, 6) is 0.176. The molecule has 3 N–H and O–H groups in total. The second kappa shape index (κ2) is 15.1. The van der Waals surface area contributed by atoms with Gasteiger partial charge in [-0.1, -0.05) is 26.3 Å². The molecule has 24 heavy (non-hydrogen) atoms. The van der Waals surface area contributed by atoms with Gasteiger partial charge in [0.2, 0.25) is 5.91 Å². The average Bonchev–Trinajstić information content (AvgIpc) is 2.57. The van der Waals surface area contributed by atoms with Crippen LogP contribution in [0.3, 0.4) is 0 Å². The Bertz CT molecular complexity index is 375. The lowest BCUT2D eigenvalue weighted by Gasteiger charge is -2.23. The molecular formula is C17H34N4O3. The summed E-state index contributed by atoms with van der Waals surface area (Å²) in [5.41, 5.74) is 5.94. The van der Waals surface area contributed by atoms with Crippen molar-refractivity contribution in [3.05, 3.63) is 12.3 Å². The zero-order valence-corrected chi connectivity index (χ0v) is 15.5. The first kappa shape index (κ1) is 22.6. The van der Waals surface area contributed by atoms with Crippen LogP contribution in [0.15, 0.2) is 17.3 Å². The normalized spacial score (nSPS) is 14.2. The van der Waals surface area contributed by atoms with Crippen LogP contribution in [0.4, 0.5) is 0 Å². The molecule has 0 spiro atoms. The highest BCUT2D eigenvalue weighted by Crippen LogP contribution is 2.14. The van der Waals surface area contributed by atoms with Crippen LogP contribution < -0.4 is 11.1 Å². The van der Waals surface area contributed by atoms with Gasteiger partial charge < -0.3 is 25.4 Å². The molecule has 0 aliphatic heterocycles. The van der Waals surface area contributed by atoms with E-state index in [1.807, 2.05) is 13.0 Å². The van der Waals surface area contributed by atoms with Gasteiger partial charge in [-0.05, 0) is 25.2 Å². The van der Waals surface area contributed by atoms with Crippen molar-refractivity contribution in [2.24, 2.45) is 16.6 Å². The zero-order valence-electron chi connectivity index (χ0n) is 15.5. The van der Waals surface area contributed by atoms with E-state index in [9.17, 15) is 4.79 Å². The first-order valence-electron chi connectivity index (χ1n) is 8.55. The van der Waals surface area contributed by atoms with Crippen molar-refractivity contribution in [1.82, 2.24) is 10.2 Å². The van der Waals surface area contributed by atoms with E-state index in [0.29, 0.717) is 13.3 Å². The van der Waals surface area contributed by atoms with Crippen molar-refractivity contribution in [3.63, 3.8) is 0 Å². The minimum Gasteiger partial charge on any atom is -0.367 e. The molecular weight excluding hydrogens is 308 g/mol. The fourth-order valence-electron chi connectivity index (χ4n) is 2.26. The van der Waals surface area contributed by atoms with Gasteiger partial charge in [-0.3, -0.25) is 4.79 Å². The maximum absolute atomic E-state index is 12.0. The van der Waals surface area contributed by atoms with E-state index in [0.717, 1.165) is 25.7 Å². The molecule has 0 aromatic heterocycles. The van der Waals surface area contributed by atoms with Crippen LogP contribution in [0.25, 0.3) is 0 Å². The average molecular weight is 342 g/mol. The number of ether oxygens (including phenoxy) is 2. The lowest BCUT2D eigenvalue weighted by molar-refractivity contribution is -0.122. The summed E-state index contributed by atoms with van der Waals surface area (Å²) in [6.07, 6.45) is 8.71. The Kier molecular flexibility index (Phi) is 14.2. The van der Waals surface area contributed by atoms with Crippen molar-refractivity contribution >= 4 is 12.2 Å². The zero-order chi connectivity index (χ0) is 18.2. The molecule has 0 rings (SSSR count). The summed E-state index contributed by atoms with van der Waals surface area (Å²) < 4.78 is 10.3. The number of carbonyl (C=O) groups excluding carboxylic acids is 1. The second-order valence-electron chi connectivity index (χ2n) is 5.61. The third-order valence-electron chi connectivity index (χ3n) is 3.53. The van der Waals surface area contributed by atoms with E-state index in [1.165, 1.54) is 0 Å². The molecule has 140 valence electrons. The van der Waals surface area contributed by atoms with E-state index >= 15 is 0 Å². The Morgan fingerprint density at radius 2 is 2.08 bits per heavy atom. The SMILES string of the molecule is CC/C=C\N=CN(COC)CC(=O)NCCC(CCC)C(N)OC. The molecule has 0 aromatic carbocycles. The number of nitrogens with zero attached hydrogens (tertiary/aromatic N) is 2. The van der Waals surface area contributed by atoms with Gasteiger partial charge in [-0.15, -0.1) is 0 Å². The number of carbonyl (C=O) groups is 1. The fraction of sp³-hybridized carbons (Fsp3) is 0.765. The summed E-state index contributed by atoms with van der Waals surface area (Å²) in [4.78, 5) is 17.9. The largest absolute Gasteiger partial charge is 0.367 e. The molecule has 2 atom stereocenters. The number of allylic oxidation sites excluding steroid dienone is 1. The standard InChI is InChI=1S/C17H34N4O3/c1-5-7-10-19-13-21(14-23-3)12-16(22)20-11-9-15(8-6-2)17(18)24-4/h7,10,13,15,17H,5-6,8-9,11-12,14,18H2,1-4H3,(H,20,22)/b10-7-,19-13?. The third kappa shape index (κ3) is 11.2. The van der Waals surface area contributed by atoms with Crippen LogP contribution in [0, 0.1) is 5.92 Å². The highest BCUT2D eigenvalue weighted by atomic mass is 16.5. The molecule has 0 aromatic rings. The number of nitrogens with two attached hydrogens (primary N) is 1. The lowest BCUT2D eigenvalue weighted by Crippen LogP contribution is -2.39.